The molecule has 2 aromatic rings. The first-order chi connectivity index (χ1) is 9.11. The van der Waals surface area contributed by atoms with Gasteiger partial charge in [0.2, 0.25) is 0 Å². The number of nitrogens with zero attached hydrogens (tertiary/aromatic N) is 1. The molecule has 100 valence electrons. The molecular weight excluding hydrogens is 262 g/mol. The molecule has 1 unspecified atom stereocenters. The number of nitrogens with two attached hydrogens (primary N) is 1. The van der Waals surface area contributed by atoms with Gasteiger partial charge in [-0.15, -0.1) is 11.3 Å². The minimum atomic E-state index is -0.193. The van der Waals surface area contributed by atoms with Gasteiger partial charge >= 0.3 is 0 Å². The molecule has 0 saturated heterocycles. The van der Waals surface area contributed by atoms with Crippen LogP contribution in [-0.2, 0) is 0 Å². The Labute approximate surface area is 114 Å². The maximum Gasteiger partial charge on any atom is 0.252 e. The number of carbonyl (C=O) groups is 1. The highest BCUT2D eigenvalue weighted by atomic mass is 32.1. The Morgan fingerprint density at radius 3 is 3.00 bits per heavy atom. The second-order valence-electron chi connectivity index (χ2n) is 4.32. The van der Waals surface area contributed by atoms with Gasteiger partial charge in [-0.2, -0.15) is 0 Å². The van der Waals surface area contributed by atoms with Gasteiger partial charge < -0.3 is 16.3 Å². The van der Waals surface area contributed by atoms with E-state index in [9.17, 15) is 4.79 Å². The van der Waals surface area contributed by atoms with Gasteiger partial charge in [0.05, 0.1) is 5.56 Å². The molecule has 0 fully saturated rings. The van der Waals surface area contributed by atoms with Gasteiger partial charge in [0.25, 0.3) is 5.91 Å². The van der Waals surface area contributed by atoms with Crippen LogP contribution in [0.25, 0.3) is 10.1 Å². The number of hydrogen-bond donors (Lipinski definition) is 3. The fourth-order valence-corrected chi connectivity index (χ4v) is 2.80. The van der Waals surface area contributed by atoms with E-state index in [4.69, 9.17) is 10.9 Å². The Morgan fingerprint density at radius 1 is 1.53 bits per heavy atom. The van der Waals surface area contributed by atoms with E-state index < -0.39 is 0 Å². The molecule has 0 radical (unpaired) electrons. The smallest absolute Gasteiger partial charge is 0.252 e. The molecule has 0 aliphatic heterocycles. The topological polar surface area (TPSA) is 87.7 Å². The van der Waals surface area contributed by atoms with E-state index in [2.05, 4.69) is 10.5 Å². The summed E-state index contributed by atoms with van der Waals surface area (Å²) < 4.78 is 1.08. The number of rotatable bonds is 4. The van der Waals surface area contributed by atoms with Gasteiger partial charge in [0.15, 0.2) is 0 Å². The van der Waals surface area contributed by atoms with Crippen molar-refractivity contribution in [2.24, 2.45) is 10.9 Å². The van der Waals surface area contributed by atoms with Crippen LogP contribution in [0, 0.1) is 0 Å². The molecule has 0 aliphatic carbocycles. The normalized spacial score (nSPS) is 13.4. The Balaban J connectivity index is 2.12. The molecule has 19 heavy (non-hydrogen) atoms. The average Bonchev–Trinajstić information content (AvgIpc) is 2.82. The third-order valence-corrected chi connectivity index (χ3v) is 3.71. The maximum atomic E-state index is 12.2. The summed E-state index contributed by atoms with van der Waals surface area (Å²) in [6, 6.07) is 7.57. The molecule has 0 saturated carbocycles. The summed E-state index contributed by atoms with van der Waals surface area (Å²) >= 11 is 1.54. The van der Waals surface area contributed by atoms with Gasteiger partial charge in [0, 0.05) is 27.9 Å². The SMILES string of the molecule is CC(CC(N)=NO)NC(=O)c1csc2ccccc12. The number of carbonyl (C=O) groups excluding carboxylic acids is 1. The lowest BCUT2D eigenvalue weighted by atomic mass is 10.1. The standard InChI is InChI=1S/C13H15N3O2S/c1-8(6-12(14)16-18)15-13(17)10-7-19-11-5-3-2-4-9(10)11/h2-5,7-8,18H,6H2,1H3,(H2,14,16)(H,15,17). The Kier molecular flexibility index (Phi) is 4.01. The Bertz CT molecular complexity index is 621. The molecule has 1 atom stereocenters. The quantitative estimate of drug-likeness (QED) is 0.346. The van der Waals surface area contributed by atoms with Gasteiger partial charge in [-0.1, -0.05) is 23.4 Å². The van der Waals surface area contributed by atoms with Crippen molar-refractivity contribution in [3.8, 4) is 0 Å². The molecule has 0 aliphatic rings. The molecule has 4 N–H and O–H groups in total. The van der Waals surface area contributed by atoms with Crippen molar-refractivity contribution >= 4 is 33.2 Å². The minimum absolute atomic E-state index is 0.1000. The zero-order valence-corrected chi connectivity index (χ0v) is 11.3. The van der Waals surface area contributed by atoms with Gasteiger partial charge in [-0.3, -0.25) is 4.79 Å². The zero-order chi connectivity index (χ0) is 13.8. The molecule has 5 nitrogen and oxygen atoms in total. The molecular formula is C13H15N3O2S. The lowest BCUT2D eigenvalue weighted by Crippen LogP contribution is -2.35. The van der Waals surface area contributed by atoms with Crippen molar-refractivity contribution in [3.63, 3.8) is 0 Å². The van der Waals surface area contributed by atoms with Crippen LogP contribution in [0.1, 0.15) is 23.7 Å². The predicted molar refractivity (Wildman–Crippen MR) is 76.8 cm³/mol. The fourth-order valence-electron chi connectivity index (χ4n) is 1.86. The van der Waals surface area contributed by atoms with Gasteiger partial charge in [0.1, 0.15) is 5.84 Å². The number of hydrogen-bond acceptors (Lipinski definition) is 4. The van der Waals surface area contributed by atoms with Crippen LogP contribution < -0.4 is 11.1 Å². The van der Waals surface area contributed by atoms with Crippen LogP contribution >= 0.6 is 11.3 Å². The van der Waals surface area contributed by atoms with E-state index in [0.29, 0.717) is 12.0 Å². The first kappa shape index (κ1) is 13.4. The highest BCUT2D eigenvalue weighted by Gasteiger charge is 2.14. The molecule has 1 aromatic heterocycles. The van der Waals surface area contributed by atoms with Crippen molar-refractivity contribution in [2.75, 3.05) is 0 Å². The number of amidine groups is 1. The van der Waals surface area contributed by atoms with Gasteiger partial charge in [-0.25, -0.2) is 0 Å². The summed E-state index contributed by atoms with van der Waals surface area (Å²) in [6.45, 7) is 1.81. The average molecular weight is 277 g/mol. The summed E-state index contributed by atoms with van der Waals surface area (Å²) in [6.07, 6.45) is 0.310. The van der Waals surface area contributed by atoms with Crippen LogP contribution in [0.2, 0.25) is 0 Å². The monoisotopic (exact) mass is 277 g/mol. The minimum Gasteiger partial charge on any atom is -0.409 e. The number of fused-ring (bicyclic) bond motifs is 1. The highest BCUT2D eigenvalue weighted by Crippen LogP contribution is 2.25. The summed E-state index contributed by atoms with van der Waals surface area (Å²) in [5, 5.41) is 17.0. The van der Waals surface area contributed by atoms with Crippen LogP contribution in [0.15, 0.2) is 34.8 Å². The molecule has 1 amide bonds. The Hall–Kier alpha value is -2.08. The molecule has 2 rings (SSSR count). The molecule has 0 bridgehead atoms. The Morgan fingerprint density at radius 2 is 2.26 bits per heavy atom. The molecule has 1 aromatic carbocycles. The van der Waals surface area contributed by atoms with Crippen molar-refractivity contribution in [1.29, 1.82) is 0 Å². The van der Waals surface area contributed by atoms with Crippen LogP contribution in [0.3, 0.4) is 0 Å². The van der Waals surface area contributed by atoms with Crippen molar-refractivity contribution in [1.82, 2.24) is 5.32 Å². The van der Waals surface area contributed by atoms with Crippen LogP contribution in [0.5, 0.6) is 0 Å². The lowest BCUT2D eigenvalue weighted by molar-refractivity contribution is 0.0943. The van der Waals surface area contributed by atoms with Crippen molar-refractivity contribution in [3.05, 3.63) is 35.2 Å². The second kappa shape index (κ2) is 5.71. The van der Waals surface area contributed by atoms with Crippen LogP contribution in [-0.4, -0.2) is 23.0 Å². The summed E-state index contributed by atoms with van der Waals surface area (Å²) in [4.78, 5) is 12.2. The van der Waals surface area contributed by atoms with Crippen molar-refractivity contribution < 1.29 is 10.0 Å². The molecule has 6 heteroatoms. The molecule has 0 spiro atoms. The largest absolute Gasteiger partial charge is 0.409 e. The van der Waals surface area contributed by atoms with E-state index in [1.54, 1.807) is 0 Å². The summed E-state index contributed by atoms with van der Waals surface area (Å²) in [7, 11) is 0. The van der Waals surface area contributed by atoms with Gasteiger partial charge in [-0.05, 0) is 13.0 Å². The third-order valence-electron chi connectivity index (χ3n) is 2.75. The third kappa shape index (κ3) is 3.03. The summed E-state index contributed by atoms with van der Waals surface area (Å²) in [5.74, 6) is -0.0429. The predicted octanol–water partition coefficient (Wildman–Crippen LogP) is 2.16. The first-order valence-electron chi connectivity index (χ1n) is 5.85. The van der Waals surface area contributed by atoms with E-state index in [1.165, 1.54) is 11.3 Å². The number of benzene rings is 1. The zero-order valence-electron chi connectivity index (χ0n) is 10.5. The summed E-state index contributed by atoms with van der Waals surface area (Å²) in [5.41, 5.74) is 6.07. The van der Waals surface area contributed by atoms with E-state index in [-0.39, 0.29) is 17.8 Å². The molecule has 1 heterocycles. The number of amides is 1. The van der Waals surface area contributed by atoms with Crippen LogP contribution in [0.4, 0.5) is 0 Å². The van der Waals surface area contributed by atoms with E-state index >= 15 is 0 Å². The number of nitrogens with one attached hydrogen (secondary N) is 1. The van der Waals surface area contributed by atoms with E-state index in [0.717, 1.165) is 10.1 Å². The highest BCUT2D eigenvalue weighted by molar-refractivity contribution is 7.17. The van der Waals surface area contributed by atoms with Crippen molar-refractivity contribution in [2.45, 2.75) is 19.4 Å². The fraction of sp³-hybridized carbons (Fsp3) is 0.231. The number of thiophene rings is 1. The number of oxime groups is 1. The second-order valence-corrected chi connectivity index (χ2v) is 5.23. The lowest BCUT2D eigenvalue weighted by Gasteiger charge is -2.12. The first-order valence-corrected chi connectivity index (χ1v) is 6.73. The van der Waals surface area contributed by atoms with E-state index in [1.807, 2.05) is 36.6 Å². The maximum absolute atomic E-state index is 12.2.